The summed E-state index contributed by atoms with van der Waals surface area (Å²) in [4.78, 5) is 51.3. The van der Waals surface area contributed by atoms with Gasteiger partial charge in [-0.05, 0) is 74.2 Å². The molecule has 2 aliphatic heterocycles. The normalized spacial score (nSPS) is 18.2. The number of hydrogen-bond donors (Lipinski definition) is 0. The van der Waals surface area contributed by atoms with E-state index in [1.807, 2.05) is 70.2 Å². The van der Waals surface area contributed by atoms with Gasteiger partial charge in [0.2, 0.25) is 5.76 Å². The number of nitrogens with zero attached hydrogens (tertiary/aromatic N) is 3. The molecule has 0 radical (unpaired) electrons. The average Bonchev–Trinajstić information content (AvgIpc) is 3.51. The van der Waals surface area contributed by atoms with Gasteiger partial charge in [0.05, 0.1) is 26.9 Å². The number of carbonyl (C=O) groups excluding carboxylic acids is 2. The first-order valence-electron chi connectivity index (χ1n) is 13.0. The van der Waals surface area contributed by atoms with Crippen molar-refractivity contribution in [3.05, 3.63) is 98.4 Å². The Morgan fingerprint density at radius 1 is 0.974 bits per heavy atom. The van der Waals surface area contributed by atoms with Crippen molar-refractivity contribution in [3.8, 4) is 0 Å². The molecule has 4 heterocycles. The van der Waals surface area contributed by atoms with E-state index in [1.54, 1.807) is 17.0 Å². The molecule has 194 valence electrons. The van der Waals surface area contributed by atoms with E-state index in [0.717, 1.165) is 26.9 Å². The van der Waals surface area contributed by atoms with Gasteiger partial charge in [-0.2, -0.15) is 0 Å². The molecule has 0 saturated carbocycles. The van der Waals surface area contributed by atoms with Crippen LogP contribution in [0.1, 0.15) is 51.7 Å². The van der Waals surface area contributed by atoms with Gasteiger partial charge in [-0.3, -0.25) is 19.3 Å². The standard InChI is InChI=1S/C31H25N3O4S/c1-5-12-33-22-9-7-6-8-20(22)31(29(33)37)25-26(35)19-14-17(3)18(4)15-23(19)38-27(25)28(36)34(31)30-32-21-11-10-16(2)13-24(21)39-30/h6-11,13-15H,5,12H2,1-4H3. The number of benzene rings is 3. The van der Waals surface area contributed by atoms with Crippen LogP contribution in [0.25, 0.3) is 21.2 Å². The summed E-state index contributed by atoms with van der Waals surface area (Å²) in [5.41, 5.74) is 3.24. The van der Waals surface area contributed by atoms with Crippen molar-refractivity contribution in [1.82, 2.24) is 4.98 Å². The molecule has 1 spiro atoms. The molecule has 0 bridgehead atoms. The molecule has 7 rings (SSSR count). The summed E-state index contributed by atoms with van der Waals surface area (Å²) in [6.07, 6.45) is 0.710. The fourth-order valence-electron chi connectivity index (χ4n) is 5.98. The lowest BCUT2D eigenvalue weighted by atomic mass is 9.84. The molecular formula is C31H25N3O4S. The Morgan fingerprint density at radius 3 is 2.54 bits per heavy atom. The molecule has 3 aromatic carbocycles. The minimum Gasteiger partial charge on any atom is -0.450 e. The third-order valence-electron chi connectivity index (χ3n) is 7.91. The molecule has 1 atom stereocenters. The predicted molar refractivity (Wildman–Crippen MR) is 153 cm³/mol. The van der Waals surface area contributed by atoms with Crippen LogP contribution in [0.2, 0.25) is 0 Å². The van der Waals surface area contributed by atoms with E-state index in [-0.39, 0.29) is 22.7 Å². The van der Waals surface area contributed by atoms with E-state index >= 15 is 0 Å². The third-order valence-corrected chi connectivity index (χ3v) is 8.92. The fraction of sp³-hybridized carbons (Fsp3) is 0.226. The average molecular weight is 536 g/mol. The number of para-hydroxylation sites is 1. The highest BCUT2D eigenvalue weighted by Crippen LogP contribution is 2.54. The molecule has 0 N–H and O–H groups in total. The Balaban J connectivity index is 1.62. The highest BCUT2D eigenvalue weighted by atomic mass is 32.1. The molecule has 0 aliphatic carbocycles. The van der Waals surface area contributed by atoms with E-state index in [1.165, 1.54) is 16.2 Å². The molecule has 0 fully saturated rings. The number of amides is 2. The van der Waals surface area contributed by atoms with Gasteiger partial charge in [0.25, 0.3) is 11.8 Å². The quantitative estimate of drug-likeness (QED) is 0.283. The number of fused-ring (bicyclic) bond motifs is 6. The van der Waals surface area contributed by atoms with Gasteiger partial charge in [0, 0.05) is 12.1 Å². The number of hydrogen-bond acceptors (Lipinski definition) is 6. The number of carbonyl (C=O) groups is 2. The zero-order valence-electron chi connectivity index (χ0n) is 22.0. The zero-order valence-corrected chi connectivity index (χ0v) is 22.8. The Kier molecular flexibility index (Phi) is 4.94. The summed E-state index contributed by atoms with van der Waals surface area (Å²) in [7, 11) is 0. The monoisotopic (exact) mass is 535 g/mol. The van der Waals surface area contributed by atoms with Crippen LogP contribution >= 0.6 is 11.3 Å². The minimum absolute atomic E-state index is 0.0646. The topological polar surface area (TPSA) is 83.7 Å². The molecule has 2 aliphatic rings. The fourth-order valence-corrected chi connectivity index (χ4v) is 7.09. The van der Waals surface area contributed by atoms with Crippen molar-refractivity contribution in [3.63, 3.8) is 0 Å². The molecule has 7 nitrogen and oxygen atoms in total. The SMILES string of the molecule is CCCN1C(=O)C2(c3ccccc31)c1c(oc3cc(C)c(C)cc3c1=O)C(=O)N2c1nc2ccc(C)cc2s1. The molecule has 8 heteroatoms. The highest BCUT2D eigenvalue weighted by Gasteiger charge is 2.66. The Hall–Kier alpha value is -4.30. The van der Waals surface area contributed by atoms with Gasteiger partial charge in [0.1, 0.15) is 5.58 Å². The molecule has 1 unspecified atom stereocenters. The van der Waals surface area contributed by atoms with Crippen molar-refractivity contribution in [2.24, 2.45) is 0 Å². The van der Waals surface area contributed by atoms with Gasteiger partial charge in [0.15, 0.2) is 16.1 Å². The second kappa shape index (κ2) is 8.10. The first-order chi connectivity index (χ1) is 18.8. The van der Waals surface area contributed by atoms with Crippen LogP contribution in [0.15, 0.2) is 63.8 Å². The van der Waals surface area contributed by atoms with E-state index < -0.39 is 11.4 Å². The van der Waals surface area contributed by atoms with Crippen LogP contribution in [-0.4, -0.2) is 23.3 Å². The lowest BCUT2D eigenvalue weighted by Crippen LogP contribution is -2.53. The molecule has 2 amide bonds. The van der Waals surface area contributed by atoms with Crippen molar-refractivity contribution < 1.29 is 14.0 Å². The second-order valence-electron chi connectivity index (χ2n) is 10.4. The van der Waals surface area contributed by atoms with Crippen LogP contribution in [0, 0.1) is 20.8 Å². The van der Waals surface area contributed by atoms with Gasteiger partial charge in [-0.1, -0.05) is 42.5 Å². The van der Waals surface area contributed by atoms with Crippen LogP contribution < -0.4 is 15.2 Å². The predicted octanol–water partition coefficient (Wildman–Crippen LogP) is 5.99. The number of aromatic nitrogens is 1. The number of thiazole rings is 1. The van der Waals surface area contributed by atoms with Crippen LogP contribution in [-0.2, 0) is 10.3 Å². The Bertz CT molecular complexity index is 1960. The number of aryl methyl sites for hydroxylation is 3. The maximum atomic E-state index is 14.7. The summed E-state index contributed by atoms with van der Waals surface area (Å²) in [5.74, 6) is -0.990. The molecule has 2 aromatic heterocycles. The van der Waals surface area contributed by atoms with Gasteiger partial charge >= 0.3 is 0 Å². The summed E-state index contributed by atoms with van der Waals surface area (Å²) < 4.78 is 7.13. The van der Waals surface area contributed by atoms with Crippen LogP contribution in [0.3, 0.4) is 0 Å². The lowest BCUT2D eigenvalue weighted by molar-refractivity contribution is -0.121. The maximum absolute atomic E-state index is 14.7. The minimum atomic E-state index is -1.71. The molecular weight excluding hydrogens is 510 g/mol. The van der Waals surface area contributed by atoms with Crippen LogP contribution in [0.5, 0.6) is 0 Å². The van der Waals surface area contributed by atoms with Crippen molar-refractivity contribution in [1.29, 1.82) is 0 Å². The summed E-state index contributed by atoms with van der Waals surface area (Å²) in [5, 5.41) is 0.703. The van der Waals surface area contributed by atoms with Crippen molar-refractivity contribution >= 4 is 55.2 Å². The first-order valence-corrected chi connectivity index (χ1v) is 13.8. The number of anilines is 2. The van der Waals surface area contributed by atoms with Gasteiger partial charge in [-0.15, -0.1) is 0 Å². The van der Waals surface area contributed by atoms with E-state index in [2.05, 4.69) is 0 Å². The highest BCUT2D eigenvalue weighted by molar-refractivity contribution is 7.22. The Labute approximate surface area is 228 Å². The molecule has 0 saturated heterocycles. The smallest absolute Gasteiger partial charge is 0.297 e. The summed E-state index contributed by atoms with van der Waals surface area (Å²) >= 11 is 1.33. The largest absolute Gasteiger partial charge is 0.450 e. The summed E-state index contributed by atoms with van der Waals surface area (Å²) in [6.45, 7) is 8.30. The van der Waals surface area contributed by atoms with Crippen LogP contribution in [0.4, 0.5) is 10.8 Å². The van der Waals surface area contributed by atoms with Gasteiger partial charge < -0.3 is 9.32 Å². The lowest BCUT2D eigenvalue weighted by Gasteiger charge is -2.32. The van der Waals surface area contributed by atoms with Gasteiger partial charge in [-0.25, -0.2) is 4.98 Å². The number of rotatable bonds is 3. The van der Waals surface area contributed by atoms with E-state index in [4.69, 9.17) is 9.40 Å². The molecule has 5 aromatic rings. The zero-order chi connectivity index (χ0) is 27.2. The molecule has 39 heavy (non-hydrogen) atoms. The first kappa shape index (κ1) is 23.8. The summed E-state index contributed by atoms with van der Waals surface area (Å²) in [6, 6.07) is 16.8. The maximum Gasteiger partial charge on any atom is 0.297 e. The van der Waals surface area contributed by atoms with E-state index in [0.29, 0.717) is 40.3 Å². The van der Waals surface area contributed by atoms with Crippen molar-refractivity contribution in [2.75, 3.05) is 16.3 Å². The Morgan fingerprint density at radius 2 is 1.74 bits per heavy atom. The van der Waals surface area contributed by atoms with Crippen molar-refractivity contribution in [2.45, 2.75) is 39.7 Å². The van der Waals surface area contributed by atoms with E-state index in [9.17, 15) is 14.4 Å². The third kappa shape index (κ3) is 2.97. The second-order valence-corrected chi connectivity index (χ2v) is 11.4.